The molecule has 178 valence electrons. The van der Waals surface area contributed by atoms with Gasteiger partial charge in [0.05, 0.1) is 6.33 Å². The van der Waals surface area contributed by atoms with Gasteiger partial charge in [0.15, 0.2) is 17.7 Å². The largest absolute Gasteiger partial charge is 0.480 e. The van der Waals surface area contributed by atoms with E-state index in [-0.39, 0.29) is 18.8 Å². The fourth-order valence-electron chi connectivity index (χ4n) is 3.61. The van der Waals surface area contributed by atoms with Crippen LogP contribution in [0.25, 0.3) is 11.2 Å². The van der Waals surface area contributed by atoms with Crippen molar-refractivity contribution >= 4 is 23.0 Å². The van der Waals surface area contributed by atoms with Crippen LogP contribution >= 0.6 is 0 Å². The molecule has 13 nitrogen and oxygen atoms in total. The number of nitrogens with two attached hydrogens (primary N) is 3. The number of rotatable bonds is 10. The third-order valence-corrected chi connectivity index (χ3v) is 5.58. The number of ether oxygens (including phenoxy) is 1. The molecule has 32 heavy (non-hydrogen) atoms. The van der Waals surface area contributed by atoms with Crippen LogP contribution in [0, 0.1) is 0 Å². The number of carbonyl (C=O) groups is 1. The van der Waals surface area contributed by atoms with E-state index < -0.39 is 42.1 Å². The molecule has 2 aromatic rings. The second-order valence-corrected chi connectivity index (χ2v) is 8.90. The molecular formula is C19H32N8O5. The van der Waals surface area contributed by atoms with Crippen LogP contribution < -0.4 is 17.2 Å². The topological polar surface area (TPSA) is 212 Å². The Labute approximate surface area is 185 Å². The van der Waals surface area contributed by atoms with E-state index in [9.17, 15) is 15.0 Å². The maximum atomic E-state index is 11.1. The summed E-state index contributed by atoms with van der Waals surface area (Å²) in [6.45, 7) is 4.95. The summed E-state index contributed by atoms with van der Waals surface area (Å²) >= 11 is 0. The smallest absolute Gasteiger partial charge is 0.320 e. The minimum atomic E-state index is -1.23. The molecule has 1 fully saturated rings. The van der Waals surface area contributed by atoms with Crippen molar-refractivity contribution < 1.29 is 24.9 Å². The summed E-state index contributed by atoms with van der Waals surface area (Å²) in [5.74, 6) is -0.881. The molecule has 2 aromatic heterocycles. The molecule has 9 N–H and O–H groups in total. The summed E-state index contributed by atoms with van der Waals surface area (Å²) in [4.78, 5) is 25.2. The van der Waals surface area contributed by atoms with E-state index >= 15 is 0 Å². The summed E-state index contributed by atoms with van der Waals surface area (Å²) in [5, 5.41) is 30.4. The number of hydrogen-bond acceptors (Lipinski definition) is 11. The number of anilines is 1. The molecule has 3 rings (SSSR count). The summed E-state index contributed by atoms with van der Waals surface area (Å²) < 4.78 is 7.51. The molecule has 0 unspecified atom stereocenters. The van der Waals surface area contributed by atoms with Crippen LogP contribution in [-0.4, -0.2) is 95.2 Å². The lowest BCUT2D eigenvalue weighted by atomic mass is 10.0. The van der Waals surface area contributed by atoms with E-state index in [2.05, 4.69) is 15.0 Å². The molecular weight excluding hydrogens is 420 g/mol. The summed E-state index contributed by atoms with van der Waals surface area (Å²) in [6.07, 6.45) is -0.520. The number of aliphatic hydroxyl groups is 2. The second-order valence-electron chi connectivity index (χ2n) is 8.90. The van der Waals surface area contributed by atoms with Crippen LogP contribution in [-0.2, 0) is 9.53 Å². The molecule has 1 aliphatic rings. The van der Waals surface area contributed by atoms with Crippen LogP contribution in [0.15, 0.2) is 12.7 Å². The molecule has 0 bridgehead atoms. The van der Waals surface area contributed by atoms with Gasteiger partial charge >= 0.3 is 5.97 Å². The van der Waals surface area contributed by atoms with E-state index in [0.29, 0.717) is 30.7 Å². The minimum Gasteiger partial charge on any atom is -0.480 e. The molecule has 0 aromatic carbocycles. The first kappa shape index (κ1) is 24.2. The first-order valence-corrected chi connectivity index (χ1v) is 10.4. The van der Waals surface area contributed by atoms with Gasteiger partial charge in [0.25, 0.3) is 0 Å². The number of aliphatic hydroxyl groups excluding tert-OH is 2. The fourth-order valence-corrected chi connectivity index (χ4v) is 3.61. The predicted octanol–water partition coefficient (Wildman–Crippen LogP) is -1.74. The average molecular weight is 453 g/mol. The Bertz CT molecular complexity index is 932. The summed E-state index contributed by atoms with van der Waals surface area (Å²) in [5.41, 5.74) is 17.9. The molecule has 0 radical (unpaired) electrons. The molecule has 0 saturated carbocycles. The Balaban J connectivity index is 1.74. The number of aromatic nitrogens is 4. The monoisotopic (exact) mass is 452 g/mol. The van der Waals surface area contributed by atoms with Crippen molar-refractivity contribution in [3.8, 4) is 0 Å². The van der Waals surface area contributed by atoms with Crippen molar-refractivity contribution in [2.75, 3.05) is 25.4 Å². The van der Waals surface area contributed by atoms with Gasteiger partial charge in [-0.1, -0.05) is 0 Å². The van der Waals surface area contributed by atoms with Gasteiger partial charge in [-0.3, -0.25) is 9.36 Å². The van der Waals surface area contributed by atoms with Crippen molar-refractivity contribution in [2.24, 2.45) is 11.5 Å². The van der Waals surface area contributed by atoms with Crippen LogP contribution in [0.1, 0.15) is 32.9 Å². The molecule has 1 aliphatic heterocycles. The Hall–Kier alpha value is -2.42. The zero-order valence-electron chi connectivity index (χ0n) is 18.2. The van der Waals surface area contributed by atoms with Crippen molar-refractivity contribution in [2.45, 2.75) is 62.8 Å². The number of nitrogen functional groups attached to an aromatic ring is 1. The Morgan fingerprint density at radius 3 is 2.66 bits per heavy atom. The number of fused-ring (bicyclic) bond motifs is 1. The number of hydrogen-bond donors (Lipinski definition) is 6. The average Bonchev–Trinajstić information content (AvgIpc) is 3.26. The number of carboxylic acid groups (broad SMARTS) is 1. The van der Waals surface area contributed by atoms with Crippen molar-refractivity contribution in [1.29, 1.82) is 0 Å². The van der Waals surface area contributed by atoms with Crippen molar-refractivity contribution in [1.82, 2.24) is 24.4 Å². The zero-order chi connectivity index (χ0) is 23.6. The Morgan fingerprint density at radius 2 is 2.00 bits per heavy atom. The lowest BCUT2D eigenvalue weighted by Crippen LogP contribution is -2.45. The van der Waals surface area contributed by atoms with Crippen LogP contribution in [0.5, 0.6) is 0 Å². The Morgan fingerprint density at radius 1 is 1.28 bits per heavy atom. The third kappa shape index (κ3) is 5.49. The predicted molar refractivity (Wildman–Crippen MR) is 115 cm³/mol. The number of carboxylic acids is 1. The summed E-state index contributed by atoms with van der Waals surface area (Å²) in [6, 6.07) is -1.00. The van der Waals surface area contributed by atoms with Crippen molar-refractivity contribution in [3.05, 3.63) is 12.7 Å². The maximum Gasteiger partial charge on any atom is 0.320 e. The first-order chi connectivity index (χ1) is 15.0. The van der Waals surface area contributed by atoms with E-state index in [4.69, 9.17) is 27.0 Å². The van der Waals surface area contributed by atoms with Crippen LogP contribution in [0.4, 0.5) is 5.82 Å². The van der Waals surface area contributed by atoms with Gasteiger partial charge in [0.2, 0.25) is 0 Å². The van der Waals surface area contributed by atoms with E-state index in [0.717, 1.165) is 0 Å². The lowest BCUT2D eigenvalue weighted by Gasteiger charge is -2.30. The zero-order valence-corrected chi connectivity index (χ0v) is 18.2. The van der Waals surface area contributed by atoms with Crippen molar-refractivity contribution in [3.63, 3.8) is 0 Å². The third-order valence-electron chi connectivity index (χ3n) is 5.58. The normalized spacial score (nSPS) is 25.0. The highest BCUT2D eigenvalue weighted by atomic mass is 16.6. The molecule has 13 heteroatoms. The van der Waals surface area contributed by atoms with Gasteiger partial charge < -0.3 is 42.2 Å². The molecule has 1 saturated heterocycles. The number of nitrogens with zero attached hydrogens (tertiary/aromatic N) is 5. The van der Waals surface area contributed by atoms with E-state index in [1.165, 1.54) is 17.2 Å². The van der Waals surface area contributed by atoms with E-state index in [1.807, 2.05) is 18.7 Å². The quantitative estimate of drug-likeness (QED) is 0.237. The van der Waals surface area contributed by atoms with E-state index in [1.54, 1.807) is 0 Å². The van der Waals surface area contributed by atoms with Gasteiger partial charge in [0, 0.05) is 18.6 Å². The lowest BCUT2D eigenvalue weighted by molar-refractivity contribution is -0.138. The van der Waals surface area contributed by atoms with Gasteiger partial charge in [0.1, 0.15) is 36.2 Å². The number of imidazole rings is 1. The van der Waals surface area contributed by atoms with Crippen LogP contribution in [0.3, 0.4) is 0 Å². The minimum absolute atomic E-state index is 0.198. The number of aliphatic carboxylic acids is 1. The highest BCUT2D eigenvalue weighted by Gasteiger charge is 2.45. The van der Waals surface area contributed by atoms with Gasteiger partial charge in [-0.15, -0.1) is 0 Å². The standard InChI is InChI=1S/C19H32N8O5/c1-19(2,22)4-6-26(5-3-10(20)18(30)31)7-11-13(28)14(29)17(32-11)27-9-25-12-15(21)23-8-24-16(12)27/h8-11,13-14,17,28-29H,3-7,20,22H2,1-2H3,(H,30,31)(H2,21,23,24)/t10-,11+,13+,14+,17+/m0/s1. The molecule has 0 amide bonds. The molecule has 0 aliphatic carbocycles. The Kier molecular flexibility index (Phi) is 7.27. The summed E-state index contributed by atoms with van der Waals surface area (Å²) in [7, 11) is 0. The van der Waals surface area contributed by atoms with Crippen LogP contribution in [0.2, 0.25) is 0 Å². The second kappa shape index (κ2) is 9.60. The molecule has 0 spiro atoms. The van der Waals surface area contributed by atoms with Gasteiger partial charge in [-0.05, 0) is 33.2 Å². The van der Waals surface area contributed by atoms with Gasteiger partial charge in [-0.25, -0.2) is 15.0 Å². The highest BCUT2D eigenvalue weighted by molar-refractivity contribution is 5.81. The highest BCUT2D eigenvalue weighted by Crippen LogP contribution is 2.32. The van der Waals surface area contributed by atoms with Gasteiger partial charge in [-0.2, -0.15) is 0 Å². The first-order valence-electron chi connectivity index (χ1n) is 10.4. The fraction of sp³-hybridized carbons (Fsp3) is 0.684. The maximum absolute atomic E-state index is 11.1. The molecule has 3 heterocycles. The SMILES string of the molecule is CC(C)(N)CCN(CC[C@H](N)C(=O)O)C[C@H]1O[C@@H](n2cnc3c(N)ncnc32)[C@H](O)[C@@H]1O. The molecule has 5 atom stereocenters.